The van der Waals surface area contributed by atoms with Gasteiger partial charge >= 0.3 is 0 Å². The van der Waals surface area contributed by atoms with E-state index in [0.717, 1.165) is 32.8 Å². The van der Waals surface area contributed by atoms with E-state index >= 15 is 0 Å². The number of carbonyl (C=O) groups is 3. The summed E-state index contributed by atoms with van der Waals surface area (Å²) in [5.74, 6) is -2.42. The van der Waals surface area contributed by atoms with Gasteiger partial charge in [-0.25, -0.2) is 0 Å². The second-order valence-corrected chi connectivity index (χ2v) is 9.18. The summed E-state index contributed by atoms with van der Waals surface area (Å²) < 4.78 is 0. The highest BCUT2D eigenvalue weighted by Crippen LogP contribution is 2.63. The summed E-state index contributed by atoms with van der Waals surface area (Å²) in [6.45, 7) is 4.00. The number of nitrogens with zero attached hydrogens (tertiary/aromatic N) is 1. The van der Waals surface area contributed by atoms with Crippen molar-refractivity contribution in [3.63, 3.8) is 0 Å². The smallest absolute Gasteiger partial charge is 0.270 e. The molecule has 32 heavy (non-hydrogen) atoms. The second kappa shape index (κ2) is 6.39. The van der Waals surface area contributed by atoms with E-state index in [4.69, 9.17) is 0 Å². The summed E-state index contributed by atoms with van der Waals surface area (Å²) in [4.78, 5) is 40.1. The molecular formula is C27H22N2O3. The number of benzene rings is 3. The van der Waals surface area contributed by atoms with E-state index < -0.39 is 23.2 Å². The number of hydrogen-bond acceptors (Lipinski definition) is 3. The van der Waals surface area contributed by atoms with E-state index in [1.807, 2.05) is 43.3 Å². The Morgan fingerprint density at radius 3 is 2.00 bits per heavy atom. The predicted octanol–water partition coefficient (Wildman–Crippen LogP) is 3.71. The van der Waals surface area contributed by atoms with Gasteiger partial charge in [-0.15, -0.1) is 0 Å². The minimum atomic E-state index is -0.636. The molecule has 2 atom stereocenters. The predicted molar refractivity (Wildman–Crippen MR) is 119 cm³/mol. The molecule has 0 radical (unpaired) electrons. The van der Waals surface area contributed by atoms with Gasteiger partial charge in [0, 0.05) is 16.9 Å². The molecule has 5 heteroatoms. The van der Waals surface area contributed by atoms with Crippen LogP contribution in [0.5, 0.6) is 0 Å². The zero-order valence-corrected chi connectivity index (χ0v) is 17.8. The molecule has 2 unspecified atom stereocenters. The van der Waals surface area contributed by atoms with Crippen molar-refractivity contribution in [2.24, 2.45) is 11.8 Å². The van der Waals surface area contributed by atoms with Crippen molar-refractivity contribution in [2.45, 2.75) is 25.2 Å². The first kappa shape index (κ1) is 19.0. The lowest BCUT2D eigenvalue weighted by atomic mass is 9.48. The second-order valence-electron chi connectivity index (χ2n) is 9.18. The number of amides is 3. The third kappa shape index (κ3) is 2.25. The number of aryl methyl sites for hydroxylation is 1. The van der Waals surface area contributed by atoms with E-state index in [2.05, 4.69) is 36.6 Å². The van der Waals surface area contributed by atoms with Crippen molar-refractivity contribution in [2.75, 3.05) is 0 Å². The van der Waals surface area contributed by atoms with Gasteiger partial charge in [0.25, 0.3) is 17.7 Å². The SMILES string of the molecule is Cc1ccc(C(=O)NN2C(=O)C3C4c5ccccc5C(C)(c5ccccc54)C3C2=O)cc1. The fourth-order valence-electron chi connectivity index (χ4n) is 6.13. The van der Waals surface area contributed by atoms with Gasteiger partial charge in [-0.05, 0) is 41.3 Å². The van der Waals surface area contributed by atoms with E-state index in [9.17, 15) is 14.4 Å². The van der Waals surface area contributed by atoms with Crippen LogP contribution >= 0.6 is 0 Å². The number of imide groups is 1. The molecule has 1 saturated heterocycles. The summed E-state index contributed by atoms with van der Waals surface area (Å²) in [6.07, 6.45) is 0. The molecule has 3 aromatic rings. The first-order valence-electron chi connectivity index (χ1n) is 10.9. The Bertz CT molecular complexity index is 1260. The topological polar surface area (TPSA) is 66.5 Å². The third-order valence-corrected chi connectivity index (χ3v) is 7.57. The number of carbonyl (C=O) groups excluding carboxylic acids is 3. The van der Waals surface area contributed by atoms with Crippen LogP contribution in [0.4, 0.5) is 0 Å². The van der Waals surface area contributed by atoms with Crippen molar-refractivity contribution in [3.05, 3.63) is 106 Å². The standard InChI is InChI=1S/C27H22N2O3/c1-15-11-13-16(14-12-15)24(30)28-29-25(31)22-21-17-7-3-5-9-19(17)27(2,23(22)26(29)32)20-10-6-4-8-18(20)21/h3-14,21-23H,1-2H3,(H,28,30). The third-order valence-electron chi connectivity index (χ3n) is 7.57. The molecule has 1 aliphatic heterocycles. The molecule has 7 rings (SSSR count). The lowest BCUT2D eigenvalue weighted by Crippen LogP contribution is -2.52. The first-order chi connectivity index (χ1) is 15.4. The van der Waals surface area contributed by atoms with Gasteiger partial charge in [-0.3, -0.25) is 19.8 Å². The minimum absolute atomic E-state index is 0.202. The van der Waals surface area contributed by atoms with E-state index in [0.29, 0.717) is 5.56 Å². The quantitative estimate of drug-likeness (QED) is 0.641. The van der Waals surface area contributed by atoms with Gasteiger partial charge in [0.05, 0.1) is 11.8 Å². The molecule has 4 aliphatic rings. The van der Waals surface area contributed by atoms with Crippen molar-refractivity contribution >= 4 is 17.7 Å². The molecule has 158 valence electrons. The van der Waals surface area contributed by atoms with Gasteiger partial charge in [-0.1, -0.05) is 73.2 Å². The number of hydrogen-bond donors (Lipinski definition) is 1. The Morgan fingerprint density at radius 2 is 1.41 bits per heavy atom. The maximum absolute atomic E-state index is 13.7. The Morgan fingerprint density at radius 1 is 0.844 bits per heavy atom. The van der Waals surface area contributed by atoms with Gasteiger partial charge in [0.2, 0.25) is 0 Å². The molecule has 2 bridgehead atoms. The van der Waals surface area contributed by atoms with Crippen molar-refractivity contribution in [3.8, 4) is 0 Å². The number of rotatable bonds is 2. The summed E-state index contributed by atoms with van der Waals surface area (Å²) in [6, 6.07) is 23.3. The molecule has 1 heterocycles. The highest BCUT2D eigenvalue weighted by molar-refractivity contribution is 6.10. The van der Waals surface area contributed by atoms with Gasteiger partial charge in [0.1, 0.15) is 0 Å². The summed E-state index contributed by atoms with van der Waals surface area (Å²) in [5, 5.41) is 0.973. The Labute approximate surface area is 186 Å². The van der Waals surface area contributed by atoms with E-state index in [1.54, 1.807) is 12.1 Å². The molecule has 1 N–H and O–H groups in total. The molecule has 3 amide bonds. The van der Waals surface area contributed by atoms with Crippen LogP contribution < -0.4 is 5.43 Å². The molecule has 1 fully saturated rings. The molecule has 5 nitrogen and oxygen atoms in total. The van der Waals surface area contributed by atoms with Crippen molar-refractivity contribution < 1.29 is 14.4 Å². The van der Waals surface area contributed by atoms with Gasteiger partial charge in [0.15, 0.2) is 0 Å². The zero-order valence-electron chi connectivity index (χ0n) is 17.8. The summed E-state index contributed by atoms with van der Waals surface area (Å²) in [7, 11) is 0. The maximum Gasteiger partial charge on any atom is 0.270 e. The van der Waals surface area contributed by atoms with Crippen LogP contribution in [0.25, 0.3) is 0 Å². The highest BCUT2D eigenvalue weighted by atomic mass is 16.2. The van der Waals surface area contributed by atoms with Crippen molar-refractivity contribution in [1.82, 2.24) is 10.4 Å². The van der Waals surface area contributed by atoms with E-state index in [1.165, 1.54) is 0 Å². The minimum Gasteiger partial charge on any atom is -0.272 e. The van der Waals surface area contributed by atoms with Crippen LogP contribution in [-0.4, -0.2) is 22.7 Å². The lowest BCUT2D eigenvalue weighted by molar-refractivity contribution is -0.143. The summed E-state index contributed by atoms with van der Waals surface area (Å²) in [5.41, 5.74) is 7.80. The van der Waals surface area contributed by atoms with Crippen LogP contribution in [0.1, 0.15) is 51.0 Å². The Balaban J connectivity index is 1.45. The van der Waals surface area contributed by atoms with Crippen LogP contribution in [-0.2, 0) is 15.0 Å². The molecule has 0 saturated carbocycles. The zero-order chi connectivity index (χ0) is 22.2. The largest absolute Gasteiger partial charge is 0.272 e. The Kier molecular flexibility index (Phi) is 3.79. The average molecular weight is 422 g/mol. The molecule has 0 aromatic heterocycles. The van der Waals surface area contributed by atoms with Gasteiger partial charge < -0.3 is 0 Å². The Hall–Kier alpha value is -3.73. The summed E-state index contributed by atoms with van der Waals surface area (Å²) >= 11 is 0. The van der Waals surface area contributed by atoms with Crippen LogP contribution in [0, 0.1) is 18.8 Å². The first-order valence-corrected chi connectivity index (χ1v) is 10.9. The fourth-order valence-corrected chi connectivity index (χ4v) is 6.13. The monoisotopic (exact) mass is 422 g/mol. The van der Waals surface area contributed by atoms with Crippen LogP contribution in [0.15, 0.2) is 72.8 Å². The normalized spacial score (nSPS) is 27.1. The molecule has 3 aromatic carbocycles. The van der Waals surface area contributed by atoms with Gasteiger partial charge in [-0.2, -0.15) is 5.01 Å². The number of hydrazine groups is 1. The van der Waals surface area contributed by atoms with E-state index in [-0.39, 0.29) is 17.7 Å². The molecular weight excluding hydrogens is 400 g/mol. The lowest BCUT2D eigenvalue weighted by Gasteiger charge is -2.52. The number of nitrogens with one attached hydrogen (secondary N) is 1. The van der Waals surface area contributed by atoms with Crippen LogP contribution in [0.3, 0.4) is 0 Å². The maximum atomic E-state index is 13.7. The molecule has 3 aliphatic carbocycles. The molecule has 0 spiro atoms. The average Bonchev–Trinajstić information content (AvgIpc) is 3.06. The highest BCUT2D eigenvalue weighted by Gasteiger charge is 2.66. The fraction of sp³-hybridized carbons (Fsp3) is 0.222. The van der Waals surface area contributed by atoms with Crippen molar-refractivity contribution in [1.29, 1.82) is 0 Å². The van der Waals surface area contributed by atoms with Crippen LogP contribution in [0.2, 0.25) is 0 Å².